The lowest BCUT2D eigenvalue weighted by Crippen LogP contribution is -2.28. The summed E-state index contributed by atoms with van der Waals surface area (Å²) in [6.07, 6.45) is 2.99. The molecule has 2 rings (SSSR count). The summed E-state index contributed by atoms with van der Waals surface area (Å²) >= 11 is 5.83. The minimum atomic E-state index is -0.594. The van der Waals surface area contributed by atoms with Crippen molar-refractivity contribution in [1.82, 2.24) is 9.88 Å². The van der Waals surface area contributed by atoms with Crippen LogP contribution in [0.15, 0.2) is 12.3 Å². The average molecular weight is 256 g/mol. The lowest BCUT2D eigenvalue weighted by Gasteiger charge is -2.14. The molecular formula is C10H10ClN3O3. The van der Waals surface area contributed by atoms with Crippen molar-refractivity contribution in [2.45, 2.75) is 12.8 Å². The smallest absolute Gasteiger partial charge is 0.289 e. The van der Waals surface area contributed by atoms with Gasteiger partial charge in [0.25, 0.3) is 11.6 Å². The van der Waals surface area contributed by atoms with Crippen LogP contribution < -0.4 is 0 Å². The Bertz CT molecular complexity index is 472. The number of amides is 1. The number of hydrogen-bond donors (Lipinski definition) is 0. The number of pyridine rings is 1. The molecule has 0 radical (unpaired) electrons. The van der Waals surface area contributed by atoms with Gasteiger partial charge in [-0.15, -0.1) is 0 Å². The maximum Gasteiger partial charge on any atom is 0.289 e. The van der Waals surface area contributed by atoms with E-state index in [4.69, 9.17) is 11.6 Å². The fourth-order valence-electron chi connectivity index (χ4n) is 1.76. The monoisotopic (exact) mass is 255 g/mol. The van der Waals surface area contributed by atoms with Gasteiger partial charge in [-0.3, -0.25) is 14.9 Å². The van der Waals surface area contributed by atoms with Crippen LogP contribution in [0, 0.1) is 10.1 Å². The van der Waals surface area contributed by atoms with Gasteiger partial charge in [0.2, 0.25) is 0 Å². The van der Waals surface area contributed by atoms with Gasteiger partial charge in [-0.25, -0.2) is 4.98 Å². The fourth-order valence-corrected chi connectivity index (χ4v) is 2.00. The molecule has 1 amide bonds. The van der Waals surface area contributed by atoms with Crippen LogP contribution in [0.1, 0.15) is 23.3 Å². The van der Waals surface area contributed by atoms with Crippen LogP contribution in [0.4, 0.5) is 5.69 Å². The number of carbonyl (C=O) groups is 1. The molecule has 6 nitrogen and oxygen atoms in total. The Labute approximate surface area is 102 Å². The zero-order valence-electron chi connectivity index (χ0n) is 8.93. The zero-order chi connectivity index (χ0) is 12.4. The van der Waals surface area contributed by atoms with Gasteiger partial charge in [0.1, 0.15) is 11.9 Å². The second-order valence-electron chi connectivity index (χ2n) is 3.78. The molecule has 7 heteroatoms. The van der Waals surface area contributed by atoms with Crippen LogP contribution in [0.2, 0.25) is 5.02 Å². The zero-order valence-corrected chi connectivity index (χ0v) is 9.68. The summed E-state index contributed by atoms with van der Waals surface area (Å²) in [5, 5.41) is 10.5. The second-order valence-corrected chi connectivity index (χ2v) is 4.19. The summed E-state index contributed by atoms with van der Waals surface area (Å²) in [5.41, 5.74) is -0.132. The van der Waals surface area contributed by atoms with E-state index in [1.54, 1.807) is 4.90 Å². The molecule has 17 heavy (non-hydrogen) atoms. The minimum Gasteiger partial charge on any atom is -0.337 e. The number of nitro groups is 1. The Morgan fingerprint density at radius 2 is 2.12 bits per heavy atom. The van der Waals surface area contributed by atoms with Crippen molar-refractivity contribution in [3.8, 4) is 0 Å². The second kappa shape index (κ2) is 4.67. The maximum absolute atomic E-state index is 12.0. The first-order valence-corrected chi connectivity index (χ1v) is 5.56. The molecule has 0 aromatic carbocycles. The predicted molar refractivity (Wildman–Crippen MR) is 61.0 cm³/mol. The van der Waals surface area contributed by atoms with E-state index < -0.39 is 4.92 Å². The van der Waals surface area contributed by atoms with Crippen LogP contribution in [0.25, 0.3) is 0 Å². The highest BCUT2D eigenvalue weighted by atomic mass is 35.5. The molecule has 0 atom stereocenters. The lowest BCUT2D eigenvalue weighted by molar-refractivity contribution is -0.385. The van der Waals surface area contributed by atoms with E-state index in [9.17, 15) is 14.9 Å². The molecule has 0 bridgehead atoms. The summed E-state index contributed by atoms with van der Waals surface area (Å²) in [7, 11) is 0. The average Bonchev–Trinajstić information content (AvgIpc) is 2.81. The molecule has 0 unspecified atom stereocenters. The third-order valence-electron chi connectivity index (χ3n) is 2.63. The summed E-state index contributed by atoms with van der Waals surface area (Å²) in [6.45, 7) is 1.38. The van der Waals surface area contributed by atoms with E-state index in [1.165, 1.54) is 0 Å². The molecule has 1 saturated heterocycles. The van der Waals surface area contributed by atoms with Gasteiger partial charge < -0.3 is 4.90 Å². The molecule has 0 spiro atoms. The molecule has 0 saturated carbocycles. The van der Waals surface area contributed by atoms with Crippen molar-refractivity contribution in [2.24, 2.45) is 0 Å². The molecule has 0 N–H and O–H groups in total. The van der Waals surface area contributed by atoms with E-state index in [0.29, 0.717) is 13.1 Å². The van der Waals surface area contributed by atoms with Crippen molar-refractivity contribution in [3.63, 3.8) is 0 Å². The van der Waals surface area contributed by atoms with E-state index >= 15 is 0 Å². The largest absolute Gasteiger partial charge is 0.337 e. The van der Waals surface area contributed by atoms with Gasteiger partial charge >= 0.3 is 0 Å². The van der Waals surface area contributed by atoms with E-state index in [0.717, 1.165) is 25.1 Å². The van der Waals surface area contributed by atoms with Crippen LogP contribution in [0.5, 0.6) is 0 Å². The molecule has 2 heterocycles. The van der Waals surface area contributed by atoms with Crippen LogP contribution >= 0.6 is 11.6 Å². The Morgan fingerprint density at radius 3 is 2.65 bits per heavy atom. The number of likely N-dealkylation sites (tertiary alicyclic amines) is 1. The van der Waals surface area contributed by atoms with Crippen molar-refractivity contribution < 1.29 is 9.72 Å². The molecule has 0 aliphatic carbocycles. The Hall–Kier alpha value is -1.69. The Kier molecular flexibility index (Phi) is 3.23. The fraction of sp³-hybridized carbons (Fsp3) is 0.400. The molecule has 1 aliphatic heterocycles. The van der Waals surface area contributed by atoms with Crippen molar-refractivity contribution in [3.05, 3.63) is 33.1 Å². The molecular weight excluding hydrogens is 246 g/mol. The first kappa shape index (κ1) is 11.8. The Balaban J connectivity index is 2.26. The molecule has 1 fully saturated rings. The standard InChI is InChI=1S/C10H10ClN3O3/c11-8-5-7(14(16)17)6-12-9(8)10(15)13-3-1-2-4-13/h5-6H,1-4H2. The maximum atomic E-state index is 12.0. The van der Waals surface area contributed by atoms with Crippen molar-refractivity contribution in [1.29, 1.82) is 0 Å². The van der Waals surface area contributed by atoms with Gasteiger partial charge in [0.05, 0.1) is 9.95 Å². The van der Waals surface area contributed by atoms with Gasteiger partial charge in [-0.2, -0.15) is 0 Å². The number of aromatic nitrogens is 1. The van der Waals surface area contributed by atoms with E-state index in [1.807, 2.05) is 0 Å². The normalized spacial score (nSPS) is 15.0. The van der Waals surface area contributed by atoms with Crippen LogP contribution in [0.3, 0.4) is 0 Å². The molecule has 1 aliphatic rings. The number of hydrogen-bond acceptors (Lipinski definition) is 4. The lowest BCUT2D eigenvalue weighted by atomic mass is 10.3. The summed E-state index contributed by atoms with van der Waals surface area (Å²) in [6, 6.07) is 1.15. The van der Waals surface area contributed by atoms with Gasteiger partial charge in [0, 0.05) is 19.2 Å². The molecule has 90 valence electrons. The topological polar surface area (TPSA) is 76.3 Å². The van der Waals surface area contributed by atoms with E-state index in [2.05, 4.69) is 4.98 Å². The summed E-state index contributed by atoms with van der Waals surface area (Å²) in [4.78, 5) is 27.3. The van der Waals surface area contributed by atoms with E-state index in [-0.39, 0.29) is 22.3 Å². The SMILES string of the molecule is O=C(c1ncc([N+](=O)[O-])cc1Cl)N1CCCC1. The van der Waals surface area contributed by atoms with Crippen molar-refractivity contribution >= 4 is 23.2 Å². The third kappa shape index (κ3) is 2.36. The predicted octanol–water partition coefficient (Wildman–Crippen LogP) is 1.88. The van der Waals surface area contributed by atoms with Crippen LogP contribution in [-0.2, 0) is 0 Å². The number of halogens is 1. The number of nitrogens with zero attached hydrogens (tertiary/aromatic N) is 3. The number of rotatable bonds is 2. The summed E-state index contributed by atoms with van der Waals surface area (Å²) < 4.78 is 0. The van der Waals surface area contributed by atoms with Crippen molar-refractivity contribution in [2.75, 3.05) is 13.1 Å². The highest BCUT2D eigenvalue weighted by Gasteiger charge is 2.24. The molecule has 1 aromatic rings. The van der Waals surface area contributed by atoms with Gasteiger partial charge in [-0.05, 0) is 12.8 Å². The van der Waals surface area contributed by atoms with Gasteiger partial charge in [-0.1, -0.05) is 11.6 Å². The molecule has 1 aromatic heterocycles. The van der Waals surface area contributed by atoms with Gasteiger partial charge in [0.15, 0.2) is 0 Å². The number of carbonyl (C=O) groups excluding carboxylic acids is 1. The van der Waals surface area contributed by atoms with Crippen LogP contribution in [-0.4, -0.2) is 33.8 Å². The Morgan fingerprint density at radius 1 is 1.47 bits per heavy atom. The first-order chi connectivity index (χ1) is 8.09. The quantitative estimate of drug-likeness (QED) is 0.597. The summed E-state index contributed by atoms with van der Waals surface area (Å²) in [5.74, 6) is -0.262. The minimum absolute atomic E-state index is 0.0242. The highest BCUT2D eigenvalue weighted by molar-refractivity contribution is 6.33. The third-order valence-corrected chi connectivity index (χ3v) is 2.92. The first-order valence-electron chi connectivity index (χ1n) is 5.19. The highest BCUT2D eigenvalue weighted by Crippen LogP contribution is 2.22.